The highest BCUT2D eigenvalue weighted by Gasteiger charge is 2.48. The molecule has 2 heterocycles. The molecule has 2 atom stereocenters. The minimum atomic E-state index is -1.05. The van der Waals surface area contributed by atoms with E-state index in [0.717, 1.165) is 29.1 Å². The van der Waals surface area contributed by atoms with Gasteiger partial charge in [0.25, 0.3) is 11.8 Å². The molecule has 31 heavy (non-hydrogen) atoms. The molecule has 1 saturated heterocycles. The lowest BCUT2D eigenvalue weighted by atomic mass is 9.93. The highest BCUT2D eigenvalue weighted by Crippen LogP contribution is 2.30. The van der Waals surface area contributed by atoms with Crippen LogP contribution in [0.2, 0.25) is 0 Å². The Kier molecular flexibility index (Phi) is 5.67. The van der Waals surface area contributed by atoms with Crippen molar-refractivity contribution in [1.82, 2.24) is 15.8 Å². The zero-order chi connectivity index (χ0) is 22.0. The number of imide groups is 1. The van der Waals surface area contributed by atoms with Crippen LogP contribution < -0.4 is 15.6 Å². The van der Waals surface area contributed by atoms with E-state index in [1.165, 1.54) is 5.56 Å². The fraction of sp³-hybridized carbons (Fsp3) is 0.375. The molecule has 2 aromatic carbocycles. The van der Waals surface area contributed by atoms with E-state index in [1.54, 1.807) is 6.92 Å². The van der Waals surface area contributed by atoms with Crippen LogP contribution in [0.25, 0.3) is 0 Å². The van der Waals surface area contributed by atoms with E-state index in [0.29, 0.717) is 12.8 Å². The average molecular weight is 421 g/mol. The first-order chi connectivity index (χ1) is 14.9. The zero-order valence-electron chi connectivity index (χ0n) is 17.9. The SMILES string of the molecule is C[C@@H]1CCc2ccccc2N1CC(=O)NN1C(=O)N[C@](C)(CCc2ccccc2)C1=O. The largest absolute Gasteiger partial charge is 0.359 e. The maximum atomic E-state index is 13.0. The normalized spacial score (nSPS) is 22.8. The molecule has 4 amide bonds. The fourth-order valence-corrected chi connectivity index (χ4v) is 4.31. The molecule has 2 N–H and O–H groups in total. The van der Waals surface area contributed by atoms with Crippen LogP contribution in [0.15, 0.2) is 54.6 Å². The van der Waals surface area contributed by atoms with Crippen molar-refractivity contribution >= 4 is 23.5 Å². The first kappa shape index (κ1) is 20.9. The molecule has 0 radical (unpaired) electrons. The minimum Gasteiger partial charge on any atom is -0.359 e. The molecule has 4 rings (SSSR count). The van der Waals surface area contributed by atoms with Gasteiger partial charge in [-0.15, -0.1) is 0 Å². The summed E-state index contributed by atoms with van der Waals surface area (Å²) in [5, 5.41) is 3.57. The van der Waals surface area contributed by atoms with E-state index in [9.17, 15) is 14.4 Å². The van der Waals surface area contributed by atoms with Gasteiger partial charge in [0.15, 0.2) is 0 Å². The summed E-state index contributed by atoms with van der Waals surface area (Å²) in [6.07, 6.45) is 3.02. The molecule has 0 bridgehead atoms. The number of para-hydroxylation sites is 1. The monoisotopic (exact) mass is 420 g/mol. The van der Waals surface area contributed by atoms with Crippen LogP contribution in [-0.2, 0) is 22.4 Å². The number of carbonyl (C=O) groups excluding carboxylic acids is 3. The number of hydrogen-bond acceptors (Lipinski definition) is 4. The maximum absolute atomic E-state index is 13.0. The number of fused-ring (bicyclic) bond motifs is 1. The van der Waals surface area contributed by atoms with Gasteiger partial charge < -0.3 is 10.2 Å². The second-order valence-corrected chi connectivity index (χ2v) is 8.57. The number of amides is 4. The van der Waals surface area contributed by atoms with E-state index < -0.39 is 17.5 Å². The van der Waals surface area contributed by atoms with Gasteiger partial charge in [-0.2, -0.15) is 5.01 Å². The number of benzene rings is 2. The summed E-state index contributed by atoms with van der Waals surface area (Å²) in [6.45, 7) is 3.86. The lowest BCUT2D eigenvalue weighted by Gasteiger charge is -2.36. The molecule has 7 heteroatoms. The van der Waals surface area contributed by atoms with Crippen LogP contribution in [0.1, 0.15) is 37.8 Å². The lowest BCUT2D eigenvalue weighted by molar-refractivity contribution is -0.138. The molecular weight excluding hydrogens is 392 g/mol. The Morgan fingerprint density at radius 3 is 2.61 bits per heavy atom. The average Bonchev–Trinajstić information content (AvgIpc) is 2.98. The molecular formula is C24H28N4O3. The number of nitrogens with one attached hydrogen (secondary N) is 2. The second kappa shape index (κ2) is 8.41. The third-order valence-corrected chi connectivity index (χ3v) is 6.23. The Hall–Kier alpha value is -3.35. The fourth-order valence-electron chi connectivity index (χ4n) is 4.31. The second-order valence-electron chi connectivity index (χ2n) is 8.57. The highest BCUT2D eigenvalue weighted by molar-refractivity contribution is 6.07. The van der Waals surface area contributed by atoms with E-state index in [2.05, 4.69) is 23.7 Å². The summed E-state index contributed by atoms with van der Waals surface area (Å²) in [7, 11) is 0. The third-order valence-electron chi connectivity index (χ3n) is 6.23. The number of aryl methyl sites for hydroxylation is 2. The van der Waals surface area contributed by atoms with Gasteiger partial charge in [0.2, 0.25) is 0 Å². The molecule has 0 aliphatic carbocycles. The third kappa shape index (κ3) is 4.26. The summed E-state index contributed by atoms with van der Waals surface area (Å²) in [6, 6.07) is 17.4. The summed E-state index contributed by atoms with van der Waals surface area (Å²) < 4.78 is 0. The minimum absolute atomic E-state index is 0.0793. The van der Waals surface area contributed by atoms with Gasteiger partial charge >= 0.3 is 6.03 Å². The van der Waals surface area contributed by atoms with Crippen LogP contribution in [-0.4, -0.2) is 41.0 Å². The Balaban J connectivity index is 1.40. The van der Waals surface area contributed by atoms with Crippen LogP contribution in [0.3, 0.4) is 0 Å². The number of hydrogen-bond donors (Lipinski definition) is 2. The first-order valence-corrected chi connectivity index (χ1v) is 10.7. The number of urea groups is 1. The van der Waals surface area contributed by atoms with Crippen LogP contribution in [0, 0.1) is 0 Å². The predicted molar refractivity (Wildman–Crippen MR) is 118 cm³/mol. The van der Waals surface area contributed by atoms with Gasteiger partial charge in [-0.3, -0.25) is 15.0 Å². The molecule has 0 aromatic heterocycles. The van der Waals surface area contributed by atoms with Gasteiger partial charge in [0.1, 0.15) is 5.54 Å². The summed E-state index contributed by atoms with van der Waals surface area (Å²) in [5.41, 5.74) is 4.79. The van der Waals surface area contributed by atoms with E-state index in [-0.39, 0.29) is 18.5 Å². The molecule has 2 aromatic rings. The number of carbonyl (C=O) groups is 3. The molecule has 2 aliphatic rings. The number of nitrogens with zero attached hydrogens (tertiary/aromatic N) is 2. The van der Waals surface area contributed by atoms with Gasteiger partial charge in [-0.1, -0.05) is 48.5 Å². The quantitative estimate of drug-likeness (QED) is 0.704. The lowest BCUT2D eigenvalue weighted by Crippen LogP contribution is -2.52. The smallest absolute Gasteiger partial charge is 0.344 e. The van der Waals surface area contributed by atoms with Crippen LogP contribution in [0.4, 0.5) is 10.5 Å². The Bertz CT molecular complexity index is 993. The van der Waals surface area contributed by atoms with Crippen LogP contribution >= 0.6 is 0 Å². The van der Waals surface area contributed by atoms with Gasteiger partial charge in [-0.05, 0) is 56.7 Å². The maximum Gasteiger partial charge on any atom is 0.344 e. The first-order valence-electron chi connectivity index (χ1n) is 10.7. The van der Waals surface area contributed by atoms with Crippen molar-refractivity contribution in [3.05, 3.63) is 65.7 Å². The van der Waals surface area contributed by atoms with E-state index in [1.807, 2.05) is 53.4 Å². The van der Waals surface area contributed by atoms with E-state index >= 15 is 0 Å². The summed E-state index contributed by atoms with van der Waals surface area (Å²) >= 11 is 0. The zero-order valence-corrected chi connectivity index (χ0v) is 17.9. The summed E-state index contributed by atoms with van der Waals surface area (Å²) in [4.78, 5) is 40.2. The van der Waals surface area contributed by atoms with Crippen molar-refractivity contribution < 1.29 is 14.4 Å². The van der Waals surface area contributed by atoms with Crippen molar-refractivity contribution in [2.75, 3.05) is 11.4 Å². The molecule has 162 valence electrons. The van der Waals surface area contributed by atoms with Crippen molar-refractivity contribution in [3.8, 4) is 0 Å². The Morgan fingerprint density at radius 1 is 1.13 bits per heavy atom. The molecule has 1 fully saturated rings. The highest BCUT2D eigenvalue weighted by atomic mass is 16.2. The Morgan fingerprint density at radius 2 is 1.84 bits per heavy atom. The molecule has 2 aliphatic heterocycles. The van der Waals surface area contributed by atoms with Crippen LogP contribution in [0.5, 0.6) is 0 Å². The van der Waals surface area contributed by atoms with Gasteiger partial charge in [0, 0.05) is 11.7 Å². The predicted octanol–water partition coefficient (Wildman–Crippen LogP) is 2.80. The van der Waals surface area contributed by atoms with Gasteiger partial charge in [-0.25, -0.2) is 4.79 Å². The number of hydrazine groups is 1. The number of rotatable bonds is 6. The van der Waals surface area contributed by atoms with Crippen molar-refractivity contribution in [3.63, 3.8) is 0 Å². The molecule has 0 unspecified atom stereocenters. The molecule has 0 saturated carbocycles. The van der Waals surface area contributed by atoms with Crippen molar-refractivity contribution in [2.45, 2.75) is 51.1 Å². The van der Waals surface area contributed by atoms with Crippen molar-refractivity contribution in [2.24, 2.45) is 0 Å². The van der Waals surface area contributed by atoms with E-state index in [4.69, 9.17) is 0 Å². The Labute approximate surface area is 182 Å². The standard InChI is InChI=1S/C24H28N4O3/c1-17-12-13-19-10-6-7-11-20(19)27(17)16-21(29)26-28-22(30)24(2,25-23(28)31)15-14-18-8-4-3-5-9-18/h3-11,17H,12-16H2,1-2H3,(H,25,31)(H,26,29)/t17-,24-/m1/s1. The topological polar surface area (TPSA) is 81.8 Å². The van der Waals surface area contributed by atoms with Gasteiger partial charge in [0.05, 0.1) is 6.54 Å². The molecule has 0 spiro atoms. The number of anilines is 1. The van der Waals surface area contributed by atoms with Crippen molar-refractivity contribution in [1.29, 1.82) is 0 Å². The molecule has 7 nitrogen and oxygen atoms in total. The summed E-state index contributed by atoms with van der Waals surface area (Å²) in [5.74, 6) is -0.826.